The Morgan fingerprint density at radius 2 is 1.61 bits per heavy atom. The summed E-state index contributed by atoms with van der Waals surface area (Å²) in [5.74, 6) is 0.303. The molecule has 0 unspecified atom stereocenters. The fourth-order valence-electron chi connectivity index (χ4n) is 2.98. The molecule has 33 heavy (non-hydrogen) atoms. The summed E-state index contributed by atoms with van der Waals surface area (Å²) >= 11 is 0. The van der Waals surface area contributed by atoms with Crippen molar-refractivity contribution >= 4 is 27.6 Å². The van der Waals surface area contributed by atoms with Gasteiger partial charge in [0, 0.05) is 19.7 Å². The molecule has 0 fully saturated rings. The molecule has 0 aliphatic heterocycles. The van der Waals surface area contributed by atoms with Crippen molar-refractivity contribution < 1.29 is 22.7 Å². The van der Waals surface area contributed by atoms with E-state index in [4.69, 9.17) is 9.47 Å². The molecule has 8 heteroatoms. The Morgan fingerprint density at radius 1 is 0.970 bits per heavy atom. The number of hydrogen-bond donors (Lipinski definition) is 0. The van der Waals surface area contributed by atoms with Crippen LogP contribution in [0.15, 0.2) is 77.7 Å². The van der Waals surface area contributed by atoms with Gasteiger partial charge in [-0.05, 0) is 60.2 Å². The molecule has 0 bridgehead atoms. The van der Waals surface area contributed by atoms with Crippen molar-refractivity contribution in [2.24, 2.45) is 0 Å². The van der Waals surface area contributed by atoms with Gasteiger partial charge in [0.15, 0.2) is 0 Å². The summed E-state index contributed by atoms with van der Waals surface area (Å²) in [5.41, 5.74) is 2.08. The molecule has 168 valence electrons. The van der Waals surface area contributed by atoms with E-state index >= 15 is 0 Å². The number of carbonyl (C=O) groups excluding carboxylic acids is 1. The molecule has 3 aromatic carbocycles. The number of rotatable bonds is 7. The third-order valence-corrected chi connectivity index (χ3v) is 6.62. The van der Waals surface area contributed by atoms with Crippen molar-refractivity contribution in [3.8, 4) is 17.6 Å². The van der Waals surface area contributed by atoms with E-state index in [0.29, 0.717) is 22.6 Å². The number of allylic oxidation sites excluding steroid dienone is 1. The maximum atomic E-state index is 12.4. The lowest BCUT2D eigenvalue weighted by Gasteiger charge is -2.11. The lowest BCUT2D eigenvalue weighted by atomic mass is 10.0. The maximum absolute atomic E-state index is 12.4. The topological polar surface area (TPSA) is 96.7 Å². The van der Waals surface area contributed by atoms with Crippen LogP contribution in [-0.2, 0) is 10.0 Å². The van der Waals surface area contributed by atoms with Crippen LogP contribution >= 0.6 is 0 Å². The normalized spacial score (nSPS) is 11.7. The Balaban J connectivity index is 1.75. The van der Waals surface area contributed by atoms with E-state index in [2.05, 4.69) is 6.07 Å². The molecule has 0 aliphatic carbocycles. The molecule has 0 saturated heterocycles. The zero-order chi connectivity index (χ0) is 24.0. The molecule has 0 radical (unpaired) electrons. The van der Waals surface area contributed by atoms with Gasteiger partial charge < -0.3 is 9.47 Å². The van der Waals surface area contributed by atoms with Crippen LogP contribution in [0.25, 0.3) is 11.6 Å². The number of carbonyl (C=O) groups is 1. The third kappa shape index (κ3) is 5.47. The fourth-order valence-corrected chi connectivity index (χ4v) is 3.88. The summed E-state index contributed by atoms with van der Waals surface area (Å²) in [6.07, 6.45) is 1.72. The monoisotopic (exact) mass is 462 g/mol. The summed E-state index contributed by atoms with van der Waals surface area (Å²) in [5, 5.41) is 9.58. The largest absolute Gasteiger partial charge is 0.496 e. The van der Waals surface area contributed by atoms with Crippen LogP contribution in [0.4, 0.5) is 0 Å². The Morgan fingerprint density at radius 3 is 2.18 bits per heavy atom. The summed E-state index contributed by atoms with van der Waals surface area (Å²) < 4.78 is 36.1. The van der Waals surface area contributed by atoms with Gasteiger partial charge in [-0.25, -0.2) is 17.5 Å². The highest BCUT2D eigenvalue weighted by Crippen LogP contribution is 2.27. The number of ether oxygens (including phenoxy) is 2. The van der Waals surface area contributed by atoms with Crippen LogP contribution in [0, 0.1) is 11.3 Å². The molecule has 0 spiro atoms. The Hall–Kier alpha value is -3.93. The summed E-state index contributed by atoms with van der Waals surface area (Å²) in [6, 6.07) is 21.6. The van der Waals surface area contributed by atoms with E-state index in [1.165, 1.54) is 38.4 Å². The predicted octanol–water partition coefficient (Wildman–Crippen LogP) is 4.23. The van der Waals surface area contributed by atoms with Gasteiger partial charge in [-0.2, -0.15) is 5.26 Å². The van der Waals surface area contributed by atoms with E-state index in [9.17, 15) is 18.5 Å². The highest BCUT2D eigenvalue weighted by molar-refractivity contribution is 7.89. The van der Waals surface area contributed by atoms with Gasteiger partial charge in [0.05, 0.1) is 29.2 Å². The zero-order valence-corrected chi connectivity index (χ0v) is 19.2. The first-order valence-corrected chi connectivity index (χ1v) is 11.3. The van der Waals surface area contributed by atoms with Crippen molar-refractivity contribution in [2.75, 3.05) is 21.2 Å². The maximum Gasteiger partial charge on any atom is 0.343 e. The van der Waals surface area contributed by atoms with Gasteiger partial charge in [-0.3, -0.25) is 0 Å². The van der Waals surface area contributed by atoms with Crippen LogP contribution in [0.3, 0.4) is 0 Å². The Kier molecular flexibility index (Phi) is 7.28. The number of sulfonamides is 1. The second-order valence-corrected chi connectivity index (χ2v) is 9.29. The predicted molar refractivity (Wildman–Crippen MR) is 125 cm³/mol. The first-order chi connectivity index (χ1) is 15.8. The molecule has 3 aromatic rings. The molecule has 0 atom stereocenters. The highest BCUT2D eigenvalue weighted by Gasteiger charge is 2.18. The molecule has 7 nitrogen and oxygen atoms in total. The standard InChI is InChI=1S/C25H22N2O5S/c1-27(2)33(29,30)22-14-10-19(11-15-22)25(28)32-21-12-8-18(9-13-21)16-20(17-26)23-6-4-5-7-24(23)31-3/h4-16H,1-3H3/b20-16-. The van der Waals surface area contributed by atoms with Crippen molar-refractivity contribution in [3.05, 3.63) is 89.5 Å². The molecule has 0 heterocycles. The number of hydrogen-bond acceptors (Lipinski definition) is 6. The molecular weight excluding hydrogens is 440 g/mol. The average Bonchev–Trinajstić information content (AvgIpc) is 2.83. The number of esters is 1. The van der Waals surface area contributed by atoms with Gasteiger partial charge >= 0.3 is 5.97 Å². The van der Waals surface area contributed by atoms with Gasteiger partial charge in [0.1, 0.15) is 11.5 Å². The summed E-state index contributed by atoms with van der Waals surface area (Å²) in [4.78, 5) is 12.5. The van der Waals surface area contributed by atoms with Crippen molar-refractivity contribution in [3.63, 3.8) is 0 Å². The van der Waals surface area contributed by atoms with Crippen molar-refractivity contribution in [1.82, 2.24) is 4.31 Å². The average molecular weight is 463 g/mol. The Labute approximate surface area is 193 Å². The van der Waals surface area contributed by atoms with E-state index in [1.54, 1.807) is 49.6 Å². The molecule has 0 N–H and O–H groups in total. The number of nitrogens with zero attached hydrogens (tertiary/aromatic N) is 2. The quantitative estimate of drug-likeness (QED) is 0.226. The van der Waals surface area contributed by atoms with Crippen molar-refractivity contribution in [1.29, 1.82) is 5.26 Å². The second kappa shape index (κ2) is 10.1. The highest BCUT2D eigenvalue weighted by atomic mass is 32.2. The number of methoxy groups -OCH3 is 1. The van der Waals surface area contributed by atoms with Crippen LogP contribution in [0.1, 0.15) is 21.5 Å². The van der Waals surface area contributed by atoms with Crippen LogP contribution < -0.4 is 9.47 Å². The van der Waals surface area contributed by atoms with E-state index in [-0.39, 0.29) is 10.5 Å². The molecule has 0 aliphatic rings. The van der Waals surface area contributed by atoms with Crippen molar-refractivity contribution in [2.45, 2.75) is 4.90 Å². The third-order valence-electron chi connectivity index (χ3n) is 4.79. The number of nitriles is 1. The van der Waals surface area contributed by atoms with Gasteiger partial charge in [-0.15, -0.1) is 0 Å². The van der Waals surface area contributed by atoms with Gasteiger partial charge in [-0.1, -0.05) is 24.3 Å². The second-order valence-electron chi connectivity index (χ2n) is 7.14. The minimum Gasteiger partial charge on any atom is -0.496 e. The summed E-state index contributed by atoms with van der Waals surface area (Å²) in [6.45, 7) is 0. The molecule has 3 rings (SSSR count). The zero-order valence-electron chi connectivity index (χ0n) is 18.3. The van der Waals surface area contributed by atoms with E-state index < -0.39 is 16.0 Å². The lowest BCUT2D eigenvalue weighted by molar-refractivity contribution is 0.0734. The minimum atomic E-state index is -3.57. The van der Waals surface area contributed by atoms with Gasteiger partial charge in [0.2, 0.25) is 10.0 Å². The fraction of sp³-hybridized carbons (Fsp3) is 0.120. The van der Waals surface area contributed by atoms with Crippen LogP contribution in [-0.4, -0.2) is 39.9 Å². The van der Waals surface area contributed by atoms with Crippen LogP contribution in [0.5, 0.6) is 11.5 Å². The molecule has 0 amide bonds. The first-order valence-electron chi connectivity index (χ1n) is 9.86. The molecule has 0 aromatic heterocycles. The van der Waals surface area contributed by atoms with Crippen LogP contribution in [0.2, 0.25) is 0 Å². The van der Waals surface area contributed by atoms with Gasteiger partial charge in [0.25, 0.3) is 0 Å². The minimum absolute atomic E-state index is 0.0866. The lowest BCUT2D eigenvalue weighted by Crippen LogP contribution is -2.22. The smallest absolute Gasteiger partial charge is 0.343 e. The summed E-state index contributed by atoms with van der Waals surface area (Å²) in [7, 11) is 0.846. The molecular formula is C25H22N2O5S. The Bertz CT molecular complexity index is 1320. The SMILES string of the molecule is COc1ccccc1/C(C#N)=C\c1ccc(OC(=O)c2ccc(S(=O)(=O)N(C)C)cc2)cc1. The van der Waals surface area contributed by atoms with E-state index in [0.717, 1.165) is 9.87 Å². The number of para-hydroxylation sites is 1. The first kappa shape index (κ1) is 23.7. The number of benzene rings is 3. The molecule has 0 saturated carbocycles. The van der Waals surface area contributed by atoms with E-state index in [1.807, 2.05) is 12.1 Å².